The molecule has 1 saturated heterocycles. The summed E-state index contributed by atoms with van der Waals surface area (Å²) in [5, 5.41) is 0. The molecule has 2 aromatic rings. The van der Waals surface area contributed by atoms with E-state index in [1.54, 1.807) is 18.6 Å². The van der Waals surface area contributed by atoms with Gasteiger partial charge in [0.15, 0.2) is 0 Å². The number of ether oxygens (including phenoxy) is 1. The van der Waals surface area contributed by atoms with Crippen LogP contribution in [0.2, 0.25) is 0 Å². The van der Waals surface area contributed by atoms with E-state index in [4.69, 9.17) is 4.74 Å². The molecule has 3 heterocycles. The Morgan fingerprint density at radius 3 is 2.62 bits per heavy atom. The number of piperidine rings is 1. The van der Waals surface area contributed by atoms with Crippen molar-refractivity contribution in [3.63, 3.8) is 0 Å². The predicted octanol–water partition coefficient (Wildman–Crippen LogP) is 3.19. The van der Waals surface area contributed by atoms with Gasteiger partial charge in [0.25, 0.3) is 0 Å². The quantitative estimate of drug-likeness (QED) is 0.857. The highest BCUT2D eigenvalue weighted by atomic mass is 19.4. The lowest BCUT2D eigenvalue weighted by Crippen LogP contribution is -2.36. The Labute approximate surface area is 137 Å². The maximum absolute atomic E-state index is 12.6. The minimum Gasteiger partial charge on any atom is -0.477 e. The van der Waals surface area contributed by atoms with Gasteiger partial charge in [0.1, 0.15) is 11.5 Å². The summed E-state index contributed by atoms with van der Waals surface area (Å²) in [5.74, 6) is 1.15. The van der Waals surface area contributed by atoms with E-state index in [1.807, 2.05) is 0 Å². The van der Waals surface area contributed by atoms with Crippen molar-refractivity contribution in [2.45, 2.75) is 19.0 Å². The predicted molar refractivity (Wildman–Crippen MR) is 81.7 cm³/mol. The van der Waals surface area contributed by atoms with Crippen molar-refractivity contribution in [3.05, 3.63) is 42.5 Å². The van der Waals surface area contributed by atoms with Gasteiger partial charge in [0, 0.05) is 31.5 Å². The Morgan fingerprint density at radius 1 is 1.17 bits per heavy atom. The molecule has 0 unspecified atom stereocenters. The zero-order chi connectivity index (χ0) is 17.0. The van der Waals surface area contributed by atoms with Crippen LogP contribution in [-0.4, -0.2) is 34.6 Å². The number of alkyl halides is 3. The van der Waals surface area contributed by atoms with Gasteiger partial charge in [-0.3, -0.25) is 4.98 Å². The molecule has 0 N–H and O–H groups in total. The number of aromatic nitrogens is 3. The van der Waals surface area contributed by atoms with Gasteiger partial charge in [0.05, 0.1) is 12.8 Å². The molecule has 0 radical (unpaired) electrons. The fourth-order valence-corrected chi connectivity index (χ4v) is 2.64. The molecule has 0 atom stereocenters. The molecule has 1 aliphatic heterocycles. The molecular formula is C16H17F3N4O. The number of nitrogens with zero attached hydrogens (tertiary/aromatic N) is 4. The molecule has 0 saturated carbocycles. The Morgan fingerprint density at radius 2 is 1.96 bits per heavy atom. The molecule has 128 valence electrons. The van der Waals surface area contributed by atoms with Crippen LogP contribution in [0.3, 0.4) is 0 Å². The molecule has 0 amide bonds. The number of pyridine rings is 1. The van der Waals surface area contributed by atoms with Crippen molar-refractivity contribution in [2.24, 2.45) is 5.92 Å². The van der Waals surface area contributed by atoms with Gasteiger partial charge < -0.3 is 9.64 Å². The fraction of sp³-hybridized carbons (Fsp3) is 0.438. The Bertz CT molecular complexity index is 658. The van der Waals surface area contributed by atoms with Gasteiger partial charge in [0.2, 0.25) is 5.88 Å². The van der Waals surface area contributed by atoms with Crippen LogP contribution in [0.1, 0.15) is 18.5 Å². The van der Waals surface area contributed by atoms with Gasteiger partial charge in [-0.2, -0.15) is 13.2 Å². The summed E-state index contributed by atoms with van der Waals surface area (Å²) in [7, 11) is 0. The van der Waals surface area contributed by atoms with E-state index in [-0.39, 0.29) is 11.8 Å². The lowest BCUT2D eigenvalue weighted by atomic mass is 9.98. The Kier molecular flexibility index (Phi) is 4.82. The maximum Gasteiger partial charge on any atom is 0.433 e. The topological polar surface area (TPSA) is 51.1 Å². The number of anilines is 1. The summed E-state index contributed by atoms with van der Waals surface area (Å²) in [6.45, 7) is 2.01. The molecule has 0 bridgehead atoms. The third-order valence-corrected chi connectivity index (χ3v) is 3.97. The van der Waals surface area contributed by atoms with Crippen LogP contribution >= 0.6 is 0 Å². The third-order valence-electron chi connectivity index (χ3n) is 3.97. The zero-order valence-electron chi connectivity index (χ0n) is 12.9. The van der Waals surface area contributed by atoms with Crippen molar-refractivity contribution in [1.29, 1.82) is 0 Å². The zero-order valence-corrected chi connectivity index (χ0v) is 12.9. The molecule has 0 spiro atoms. The second-order valence-electron chi connectivity index (χ2n) is 5.66. The second kappa shape index (κ2) is 7.02. The van der Waals surface area contributed by atoms with Crippen LogP contribution in [0.15, 0.2) is 36.8 Å². The SMILES string of the molecule is FC(F)(F)c1cccc(OCC2CCN(c3cnccn3)CC2)n1. The Balaban J connectivity index is 1.50. The number of rotatable bonds is 4. The highest BCUT2D eigenvalue weighted by molar-refractivity contribution is 5.35. The highest BCUT2D eigenvalue weighted by Gasteiger charge is 2.32. The molecular weight excluding hydrogens is 321 g/mol. The van der Waals surface area contributed by atoms with Crippen molar-refractivity contribution in [2.75, 3.05) is 24.6 Å². The van der Waals surface area contributed by atoms with E-state index in [9.17, 15) is 13.2 Å². The summed E-state index contributed by atoms with van der Waals surface area (Å²) < 4.78 is 43.4. The van der Waals surface area contributed by atoms with Crippen LogP contribution in [0, 0.1) is 5.92 Å². The molecule has 24 heavy (non-hydrogen) atoms. The highest BCUT2D eigenvalue weighted by Crippen LogP contribution is 2.29. The fourth-order valence-electron chi connectivity index (χ4n) is 2.64. The lowest BCUT2D eigenvalue weighted by molar-refractivity contribution is -0.141. The number of hydrogen-bond acceptors (Lipinski definition) is 5. The largest absolute Gasteiger partial charge is 0.477 e. The first-order chi connectivity index (χ1) is 11.5. The van der Waals surface area contributed by atoms with Gasteiger partial charge in [-0.25, -0.2) is 9.97 Å². The van der Waals surface area contributed by atoms with Crippen molar-refractivity contribution in [3.8, 4) is 5.88 Å². The van der Waals surface area contributed by atoms with E-state index in [2.05, 4.69) is 19.9 Å². The van der Waals surface area contributed by atoms with Crippen LogP contribution < -0.4 is 9.64 Å². The molecule has 0 aliphatic carbocycles. The van der Waals surface area contributed by atoms with Crippen molar-refractivity contribution >= 4 is 5.82 Å². The van der Waals surface area contributed by atoms with Crippen molar-refractivity contribution in [1.82, 2.24) is 15.0 Å². The van der Waals surface area contributed by atoms with Crippen LogP contribution in [0.5, 0.6) is 5.88 Å². The molecule has 1 aliphatic rings. The average Bonchev–Trinajstić information content (AvgIpc) is 2.61. The monoisotopic (exact) mass is 338 g/mol. The first kappa shape index (κ1) is 16.5. The van der Waals surface area contributed by atoms with E-state index in [1.165, 1.54) is 12.1 Å². The standard InChI is InChI=1S/C16H17F3N4O/c17-16(18,19)13-2-1-3-15(22-13)24-11-12-4-8-23(9-5-12)14-10-20-6-7-21-14/h1-3,6-7,10,12H,4-5,8-9,11H2. The lowest BCUT2D eigenvalue weighted by Gasteiger charge is -2.32. The first-order valence-electron chi connectivity index (χ1n) is 7.70. The minimum atomic E-state index is -4.46. The van der Waals surface area contributed by atoms with E-state index >= 15 is 0 Å². The molecule has 5 nitrogen and oxygen atoms in total. The van der Waals surface area contributed by atoms with Gasteiger partial charge in [-0.15, -0.1) is 0 Å². The normalized spacial score (nSPS) is 16.2. The third kappa shape index (κ3) is 4.12. The van der Waals surface area contributed by atoms with Crippen LogP contribution in [0.4, 0.5) is 19.0 Å². The van der Waals surface area contributed by atoms with E-state index in [0.717, 1.165) is 37.8 Å². The van der Waals surface area contributed by atoms with Gasteiger partial charge in [-0.1, -0.05) is 6.07 Å². The number of hydrogen-bond donors (Lipinski definition) is 0. The summed E-state index contributed by atoms with van der Waals surface area (Å²) >= 11 is 0. The van der Waals surface area contributed by atoms with Crippen LogP contribution in [-0.2, 0) is 6.18 Å². The molecule has 1 fully saturated rings. The Hall–Kier alpha value is -2.38. The molecule has 8 heteroatoms. The van der Waals surface area contributed by atoms with E-state index in [0.29, 0.717) is 6.61 Å². The van der Waals surface area contributed by atoms with E-state index < -0.39 is 11.9 Å². The van der Waals surface area contributed by atoms with Crippen molar-refractivity contribution < 1.29 is 17.9 Å². The minimum absolute atomic E-state index is 0.0150. The van der Waals surface area contributed by atoms with Crippen LogP contribution in [0.25, 0.3) is 0 Å². The maximum atomic E-state index is 12.6. The van der Waals surface area contributed by atoms with Gasteiger partial charge in [-0.05, 0) is 24.8 Å². The summed E-state index contributed by atoms with van der Waals surface area (Å²) in [4.78, 5) is 14.0. The first-order valence-corrected chi connectivity index (χ1v) is 7.70. The second-order valence-corrected chi connectivity index (χ2v) is 5.66. The van der Waals surface area contributed by atoms with Gasteiger partial charge >= 0.3 is 6.18 Å². The average molecular weight is 338 g/mol. The summed E-state index contributed by atoms with van der Waals surface area (Å²) in [6, 6.07) is 3.69. The summed E-state index contributed by atoms with van der Waals surface area (Å²) in [5.41, 5.74) is -0.933. The smallest absolute Gasteiger partial charge is 0.433 e. The number of halogens is 3. The summed E-state index contributed by atoms with van der Waals surface area (Å²) in [6.07, 6.45) is 2.33. The molecule has 0 aromatic carbocycles. The molecule has 2 aromatic heterocycles. The molecule has 3 rings (SSSR count).